The number of aromatic carboxylic acids is 1. The van der Waals surface area contributed by atoms with Crippen LogP contribution in [-0.4, -0.2) is 16.1 Å². The van der Waals surface area contributed by atoms with E-state index in [1.807, 2.05) is 19.1 Å². The van der Waals surface area contributed by atoms with E-state index in [0.29, 0.717) is 5.13 Å². The van der Waals surface area contributed by atoms with E-state index in [0.717, 1.165) is 31.5 Å². The predicted octanol–water partition coefficient (Wildman–Crippen LogP) is 4.42. The molecule has 0 amide bonds. The fourth-order valence-electron chi connectivity index (χ4n) is 1.36. The smallest absolute Gasteiger partial charge is 0.347 e. The standard InChI is InChI=1S/C11H8Br2N2O2S/c1-5-2-6(12)9(7(13)3-5)15-11-14-4-8(18-11)10(16)17/h2-4H,1H3,(H,14,15)(H,16,17). The molecule has 94 valence electrons. The first-order valence-electron chi connectivity index (χ1n) is 4.89. The maximum atomic E-state index is 10.8. The van der Waals surface area contributed by atoms with Crippen LogP contribution in [0.25, 0.3) is 0 Å². The highest BCUT2D eigenvalue weighted by atomic mass is 79.9. The van der Waals surface area contributed by atoms with Crippen molar-refractivity contribution in [3.63, 3.8) is 0 Å². The van der Waals surface area contributed by atoms with Crippen molar-refractivity contribution in [3.8, 4) is 0 Å². The quantitative estimate of drug-likeness (QED) is 0.812. The Balaban J connectivity index is 2.31. The number of hydrogen-bond acceptors (Lipinski definition) is 4. The van der Waals surface area contributed by atoms with E-state index in [-0.39, 0.29) is 4.88 Å². The van der Waals surface area contributed by atoms with Crippen molar-refractivity contribution in [2.45, 2.75) is 6.92 Å². The average Bonchev–Trinajstić information content (AvgIpc) is 2.71. The van der Waals surface area contributed by atoms with Crippen molar-refractivity contribution in [1.82, 2.24) is 4.98 Å². The van der Waals surface area contributed by atoms with Crippen molar-refractivity contribution in [1.29, 1.82) is 0 Å². The molecule has 4 nitrogen and oxygen atoms in total. The Kier molecular flexibility index (Phi) is 4.04. The molecule has 0 aliphatic carbocycles. The second kappa shape index (κ2) is 5.38. The predicted molar refractivity (Wildman–Crippen MR) is 78.9 cm³/mol. The van der Waals surface area contributed by atoms with Crippen molar-refractivity contribution >= 4 is 60.0 Å². The molecule has 0 radical (unpaired) electrons. The Morgan fingerprint density at radius 1 is 1.39 bits per heavy atom. The number of carboxylic acid groups (broad SMARTS) is 1. The van der Waals surface area contributed by atoms with Crippen molar-refractivity contribution < 1.29 is 9.90 Å². The first-order chi connectivity index (χ1) is 8.47. The Morgan fingerprint density at radius 2 is 2.00 bits per heavy atom. The van der Waals surface area contributed by atoms with Crippen LogP contribution in [0, 0.1) is 6.92 Å². The highest BCUT2D eigenvalue weighted by Crippen LogP contribution is 2.35. The van der Waals surface area contributed by atoms with Gasteiger partial charge < -0.3 is 10.4 Å². The van der Waals surface area contributed by atoms with E-state index in [4.69, 9.17) is 5.11 Å². The summed E-state index contributed by atoms with van der Waals surface area (Å²) >= 11 is 8.01. The summed E-state index contributed by atoms with van der Waals surface area (Å²) in [6, 6.07) is 3.94. The van der Waals surface area contributed by atoms with Crippen molar-refractivity contribution in [3.05, 3.63) is 37.7 Å². The van der Waals surface area contributed by atoms with Crippen LogP contribution in [-0.2, 0) is 0 Å². The number of anilines is 2. The number of aromatic nitrogens is 1. The molecule has 2 N–H and O–H groups in total. The topological polar surface area (TPSA) is 62.2 Å². The van der Waals surface area contributed by atoms with E-state index < -0.39 is 5.97 Å². The number of halogens is 2. The Labute approximate surface area is 124 Å². The molecule has 0 spiro atoms. The minimum atomic E-state index is -0.970. The summed E-state index contributed by atoms with van der Waals surface area (Å²) in [6.45, 7) is 1.99. The van der Waals surface area contributed by atoms with Gasteiger partial charge in [0.05, 0.1) is 11.9 Å². The van der Waals surface area contributed by atoms with Crippen LogP contribution in [0.1, 0.15) is 15.2 Å². The van der Waals surface area contributed by atoms with Crippen LogP contribution >= 0.6 is 43.2 Å². The Bertz CT molecular complexity index is 590. The van der Waals surface area contributed by atoms with Gasteiger partial charge in [-0.2, -0.15) is 0 Å². The normalized spacial score (nSPS) is 10.4. The summed E-state index contributed by atoms with van der Waals surface area (Å²) in [5.41, 5.74) is 1.94. The third kappa shape index (κ3) is 2.90. The SMILES string of the molecule is Cc1cc(Br)c(Nc2ncc(C(=O)O)s2)c(Br)c1. The van der Waals surface area contributed by atoms with Gasteiger partial charge in [-0.05, 0) is 56.5 Å². The third-order valence-corrected chi connectivity index (χ3v) is 4.29. The number of carboxylic acids is 1. The lowest BCUT2D eigenvalue weighted by molar-refractivity contribution is 0.0702. The van der Waals surface area contributed by atoms with Gasteiger partial charge in [0.1, 0.15) is 4.88 Å². The number of nitrogens with one attached hydrogen (secondary N) is 1. The van der Waals surface area contributed by atoms with Gasteiger partial charge >= 0.3 is 5.97 Å². The van der Waals surface area contributed by atoms with Gasteiger partial charge in [-0.25, -0.2) is 9.78 Å². The van der Waals surface area contributed by atoms with Crippen LogP contribution in [0.3, 0.4) is 0 Å². The molecule has 2 rings (SSSR count). The largest absolute Gasteiger partial charge is 0.477 e. The lowest BCUT2D eigenvalue weighted by Crippen LogP contribution is -1.92. The zero-order chi connectivity index (χ0) is 13.3. The minimum absolute atomic E-state index is 0.205. The second-order valence-electron chi connectivity index (χ2n) is 3.56. The maximum Gasteiger partial charge on any atom is 0.347 e. The van der Waals surface area contributed by atoms with Crippen molar-refractivity contribution in [2.24, 2.45) is 0 Å². The van der Waals surface area contributed by atoms with E-state index >= 15 is 0 Å². The molecule has 0 bridgehead atoms. The molecule has 0 unspecified atom stereocenters. The second-order valence-corrected chi connectivity index (χ2v) is 6.30. The average molecular weight is 392 g/mol. The number of carbonyl (C=O) groups is 1. The molecule has 0 fully saturated rings. The van der Waals surface area contributed by atoms with Gasteiger partial charge in [0.25, 0.3) is 0 Å². The molecule has 0 atom stereocenters. The van der Waals surface area contributed by atoms with Gasteiger partial charge in [-0.15, -0.1) is 0 Å². The summed E-state index contributed by atoms with van der Waals surface area (Å²) in [6.07, 6.45) is 1.34. The van der Waals surface area contributed by atoms with Crippen molar-refractivity contribution in [2.75, 3.05) is 5.32 Å². The summed E-state index contributed by atoms with van der Waals surface area (Å²) in [4.78, 5) is 15.0. The van der Waals surface area contributed by atoms with E-state index in [1.54, 1.807) is 0 Å². The number of benzene rings is 1. The van der Waals surface area contributed by atoms with Crippen LogP contribution in [0.2, 0.25) is 0 Å². The molecule has 18 heavy (non-hydrogen) atoms. The molecule has 0 saturated heterocycles. The molecule has 1 aromatic carbocycles. The van der Waals surface area contributed by atoms with E-state index in [1.165, 1.54) is 6.20 Å². The highest BCUT2D eigenvalue weighted by Gasteiger charge is 2.11. The van der Waals surface area contributed by atoms with Gasteiger partial charge in [-0.3, -0.25) is 0 Å². The molecular formula is C11H8Br2N2O2S. The van der Waals surface area contributed by atoms with Gasteiger partial charge in [-0.1, -0.05) is 11.3 Å². The Morgan fingerprint density at radius 3 is 2.50 bits per heavy atom. The van der Waals surface area contributed by atoms with Crippen LogP contribution in [0.5, 0.6) is 0 Å². The molecule has 0 aliphatic rings. The third-order valence-electron chi connectivity index (χ3n) is 2.13. The van der Waals surface area contributed by atoms with Gasteiger partial charge in [0.2, 0.25) is 0 Å². The van der Waals surface area contributed by atoms with Gasteiger partial charge in [0.15, 0.2) is 5.13 Å². The number of thiazole rings is 1. The summed E-state index contributed by atoms with van der Waals surface area (Å²) < 4.78 is 1.78. The monoisotopic (exact) mass is 390 g/mol. The fraction of sp³-hybridized carbons (Fsp3) is 0.0909. The highest BCUT2D eigenvalue weighted by molar-refractivity contribution is 9.11. The lowest BCUT2D eigenvalue weighted by atomic mass is 10.2. The first-order valence-corrected chi connectivity index (χ1v) is 7.29. The minimum Gasteiger partial charge on any atom is -0.477 e. The summed E-state index contributed by atoms with van der Waals surface area (Å²) in [5, 5.41) is 12.5. The van der Waals surface area contributed by atoms with Crippen LogP contribution in [0.4, 0.5) is 10.8 Å². The molecule has 7 heteroatoms. The van der Waals surface area contributed by atoms with E-state index in [2.05, 4.69) is 42.2 Å². The molecule has 2 aromatic rings. The molecule has 1 heterocycles. The number of nitrogens with zero attached hydrogens (tertiary/aromatic N) is 1. The maximum absolute atomic E-state index is 10.8. The molecule has 0 saturated carbocycles. The molecule has 0 aliphatic heterocycles. The van der Waals surface area contributed by atoms with Crippen LogP contribution < -0.4 is 5.32 Å². The number of hydrogen-bond donors (Lipinski definition) is 2. The molecular weight excluding hydrogens is 384 g/mol. The number of rotatable bonds is 3. The fourth-order valence-corrected chi connectivity index (χ4v) is 3.63. The summed E-state index contributed by atoms with van der Waals surface area (Å²) in [7, 11) is 0. The summed E-state index contributed by atoms with van der Waals surface area (Å²) in [5.74, 6) is -0.970. The molecule has 1 aromatic heterocycles. The zero-order valence-corrected chi connectivity index (χ0v) is 13.2. The number of aryl methyl sites for hydroxylation is 1. The van der Waals surface area contributed by atoms with E-state index in [9.17, 15) is 4.79 Å². The zero-order valence-electron chi connectivity index (χ0n) is 9.20. The van der Waals surface area contributed by atoms with Gasteiger partial charge in [0, 0.05) is 8.95 Å². The Hall–Kier alpha value is -0.920. The van der Waals surface area contributed by atoms with Crippen LogP contribution in [0.15, 0.2) is 27.3 Å². The lowest BCUT2D eigenvalue weighted by Gasteiger charge is -2.09. The first kappa shape index (κ1) is 13.5.